The SMILES string of the molecule is CN(CC(=O)Nc1ccc(Cl)c(Cl)c1)C1CC2CCC(C1)N2. The molecule has 22 heavy (non-hydrogen) atoms. The summed E-state index contributed by atoms with van der Waals surface area (Å²) in [6.07, 6.45) is 4.80. The number of fused-ring (bicyclic) bond motifs is 2. The molecule has 0 radical (unpaired) electrons. The molecule has 2 bridgehead atoms. The van der Waals surface area contributed by atoms with E-state index in [1.54, 1.807) is 18.2 Å². The van der Waals surface area contributed by atoms with Crippen LogP contribution < -0.4 is 10.6 Å². The van der Waals surface area contributed by atoms with Gasteiger partial charge in [0.1, 0.15) is 0 Å². The molecule has 2 aliphatic rings. The van der Waals surface area contributed by atoms with Gasteiger partial charge in [-0.3, -0.25) is 9.69 Å². The van der Waals surface area contributed by atoms with Gasteiger partial charge in [-0.2, -0.15) is 0 Å². The summed E-state index contributed by atoms with van der Waals surface area (Å²) in [5, 5.41) is 7.44. The van der Waals surface area contributed by atoms with E-state index < -0.39 is 0 Å². The van der Waals surface area contributed by atoms with E-state index in [0.29, 0.717) is 40.4 Å². The summed E-state index contributed by atoms with van der Waals surface area (Å²) >= 11 is 11.8. The van der Waals surface area contributed by atoms with Gasteiger partial charge in [-0.15, -0.1) is 0 Å². The maximum absolute atomic E-state index is 12.2. The fraction of sp³-hybridized carbons (Fsp3) is 0.562. The molecular formula is C16H21Cl2N3O. The Balaban J connectivity index is 1.53. The van der Waals surface area contributed by atoms with Gasteiger partial charge >= 0.3 is 0 Å². The van der Waals surface area contributed by atoms with Crippen LogP contribution in [0.2, 0.25) is 10.0 Å². The topological polar surface area (TPSA) is 44.4 Å². The van der Waals surface area contributed by atoms with Gasteiger partial charge in [0, 0.05) is 23.8 Å². The zero-order chi connectivity index (χ0) is 15.7. The number of hydrogen-bond donors (Lipinski definition) is 2. The third kappa shape index (κ3) is 3.74. The molecule has 1 aromatic rings. The minimum absolute atomic E-state index is 0.0215. The first-order valence-electron chi connectivity index (χ1n) is 7.72. The van der Waals surface area contributed by atoms with Crippen molar-refractivity contribution >= 4 is 34.8 Å². The number of benzene rings is 1. The number of nitrogens with one attached hydrogen (secondary N) is 2. The van der Waals surface area contributed by atoms with Crippen molar-refractivity contribution in [2.45, 2.75) is 43.8 Å². The zero-order valence-electron chi connectivity index (χ0n) is 12.6. The number of carbonyl (C=O) groups is 1. The molecule has 2 fully saturated rings. The molecule has 2 heterocycles. The van der Waals surface area contributed by atoms with Gasteiger partial charge in [0.25, 0.3) is 0 Å². The van der Waals surface area contributed by atoms with Crippen molar-refractivity contribution in [2.75, 3.05) is 18.9 Å². The van der Waals surface area contributed by atoms with Crippen LogP contribution in [0.1, 0.15) is 25.7 Å². The van der Waals surface area contributed by atoms with Crippen LogP contribution in [0, 0.1) is 0 Å². The van der Waals surface area contributed by atoms with Gasteiger partial charge in [0.05, 0.1) is 16.6 Å². The number of carbonyl (C=O) groups excluding carboxylic acids is 1. The lowest BCUT2D eigenvalue weighted by atomic mass is 9.98. The second kappa shape index (κ2) is 6.75. The standard InChI is InChI=1S/C16H21Cl2N3O/c1-21(13-6-10-2-3-11(7-13)19-10)9-16(22)20-12-4-5-14(17)15(18)8-12/h4-5,8,10-11,13,19H,2-3,6-7,9H2,1H3,(H,20,22). The summed E-state index contributed by atoms with van der Waals surface area (Å²) in [6.45, 7) is 0.393. The summed E-state index contributed by atoms with van der Waals surface area (Å²) in [7, 11) is 2.03. The molecule has 1 amide bonds. The van der Waals surface area contributed by atoms with Crippen LogP contribution in [-0.2, 0) is 4.79 Å². The normalized spacial score (nSPS) is 27.2. The number of piperidine rings is 1. The lowest BCUT2D eigenvalue weighted by Crippen LogP contribution is -2.48. The van der Waals surface area contributed by atoms with E-state index in [1.165, 1.54) is 12.8 Å². The Morgan fingerprint density at radius 2 is 1.95 bits per heavy atom. The molecule has 2 atom stereocenters. The lowest BCUT2D eigenvalue weighted by Gasteiger charge is -2.35. The average molecular weight is 342 g/mol. The van der Waals surface area contributed by atoms with Crippen LogP contribution in [0.3, 0.4) is 0 Å². The average Bonchev–Trinajstić information content (AvgIpc) is 2.81. The molecule has 2 saturated heterocycles. The minimum Gasteiger partial charge on any atom is -0.325 e. The Hall–Kier alpha value is -0.810. The van der Waals surface area contributed by atoms with E-state index in [-0.39, 0.29) is 5.91 Å². The summed E-state index contributed by atoms with van der Waals surface area (Å²) in [5.41, 5.74) is 0.679. The highest BCUT2D eigenvalue weighted by molar-refractivity contribution is 6.42. The molecule has 2 aliphatic heterocycles. The highest BCUT2D eigenvalue weighted by Gasteiger charge is 2.35. The van der Waals surface area contributed by atoms with Crippen molar-refractivity contribution in [1.82, 2.24) is 10.2 Å². The summed E-state index contributed by atoms with van der Waals surface area (Å²) in [4.78, 5) is 14.4. The van der Waals surface area contributed by atoms with Crippen LogP contribution in [0.25, 0.3) is 0 Å². The Morgan fingerprint density at radius 1 is 1.27 bits per heavy atom. The fourth-order valence-corrected chi connectivity index (χ4v) is 3.82. The van der Waals surface area contributed by atoms with Gasteiger partial charge in [0.15, 0.2) is 0 Å². The van der Waals surface area contributed by atoms with Crippen LogP contribution in [0.4, 0.5) is 5.69 Å². The van der Waals surface area contributed by atoms with Gasteiger partial charge in [-0.05, 0) is 50.9 Å². The first-order chi connectivity index (χ1) is 10.5. The summed E-state index contributed by atoms with van der Waals surface area (Å²) < 4.78 is 0. The molecule has 0 saturated carbocycles. The first kappa shape index (κ1) is 16.1. The monoisotopic (exact) mass is 341 g/mol. The number of rotatable bonds is 4. The molecule has 0 aliphatic carbocycles. The van der Waals surface area contributed by atoms with Gasteiger partial charge < -0.3 is 10.6 Å². The molecule has 1 aromatic carbocycles. The molecular weight excluding hydrogens is 321 g/mol. The van der Waals surface area contributed by atoms with E-state index in [1.807, 2.05) is 7.05 Å². The zero-order valence-corrected chi connectivity index (χ0v) is 14.1. The molecule has 0 aromatic heterocycles. The molecule has 2 N–H and O–H groups in total. The van der Waals surface area contributed by atoms with Gasteiger partial charge in [-0.1, -0.05) is 23.2 Å². The smallest absolute Gasteiger partial charge is 0.238 e. The van der Waals surface area contributed by atoms with Gasteiger partial charge in [0.2, 0.25) is 5.91 Å². The third-order valence-corrected chi connectivity index (χ3v) is 5.41. The van der Waals surface area contributed by atoms with E-state index in [4.69, 9.17) is 23.2 Å². The number of halogens is 2. The number of amides is 1. The predicted octanol–water partition coefficient (Wildman–Crippen LogP) is 3.15. The van der Waals surface area contributed by atoms with Crippen molar-refractivity contribution in [2.24, 2.45) is 0 Å². The third-order valence-electron chi connectivity index (χ3n) is 4.67. The molecule has 120 valence electrons. The molecule has 4 nitrogen and oxygen atoms in total. The quantitative estimate of drug-likeness (QED) is 0.884. The minimum atomic E-state index is -0.0215. The molecule has 0 spiro atoms. The highest BCUT2D eigenvalue weighted by Crippen LogP contribution is 2.29. The van der Waals surface area contributed by atoms with Crippen molar-refractivity contribution in [1.29, 1.82) is 0 Å². The first-order valence-corrected chi connectivity index (χ1v) is 8.48. The van der Waals surface area contributed by atoms with E-state index in [0.717, 1.165) is 12.8 Å². The number of anilines is 1. The van der Waals surface area contributed by atoms with Crippen molar-refractivity contribution in [3.05, 3.63) is 28.2 Å². The van der Waals surface area contributed by atoms with Crippen molar-refractivity contribution < 1.29 is 4.79 Å². The largest absolute Gasteiger partial charge is 0.325 e. The Morgan fingerprint density at radius 3 is 2.59 bits per heavy atom. The number of likely N-dealkylation sites (N-methyl/N-ethyl adjacent to an activating group) is 1. The number of nitrogens with zero attached hydrogens (tertiary/aromatic N) is 1. The van der Waals surface area contributed by atoms with E-state index in [9.17, 15) is 4.79 Å². The highest BCUT2D eigenvalue weighted by atomic mass is 35.5. The Bertz CT molecular complexity index is 554. The van der Waals surface area contributed by atoms with E-state index in [2.05, 4.69) is 15.5 Å². The second-order valence-corrected chi connectivity index (χ2v) is 7.17. The van der Waals surface area contributed by atoms with Crippen molar-refractivity contribution in [3.8, 4) is 0 Å². The van der Waals surface area contributed by atoms with Crippen LogP contribution in [0.5, 0.6) is 0 Å². The second-order valence-electron chi connectivity index (χ2n) is 6.36. The van der Waals surface area contributed by atoms with Gasteiger partial charge in [-0.25, -0.2) is 0 Å². The molecule has 6 heteroatoms. The lowest BCUT2D eigenvalue weighted by molar-refractivity contribution is -0.117. The maximum Gasteiger partial charge on any atom is 0.238 e. The fourth-order valence-electron chi connectivity index (χ4n) is 3.52. The number of hydrogen-bond acceptors (Lipinski definition) is 3. The van der Waals surface area contributed by atoms with Crippen molar-refractivity contribution in [3.63, 3.8) is 0 Å². The molecule has 2 unspecified atom stereocenters. The van der Waals surface area contributed by atoms with E-state index >= 15 is 0 Å². The van der Waals surface area contributed by atoms with Crippen LogP contribution in [0.15, 0.2) is 18.2 Å². The summed E-state index contributed by atoms with van der Waals surface area (Å²) in [6, 6.07) is 6.86. The van der Waals surface area contributed by atoms with Crippen LogP contribution >= 0.6 is 23.2 Å². The molecule has 3 rings (SSSR count). The maximum atomic E-state index is 12.2. The van der Waals surface area contributed by atoms with Crippen LogP contribution in [-0.4, -0.2) is 42.5 Å². The summed E-state index contributed by atoms with van der Waals surface area (Å²) in [5.74, 6) is -0.0215. The predicted molar refractivity (Wildman–Crippen MR) is 90.7 cm³/mol. The Kier molecular flexibility index (Phi) is 4.93. The Labute approximate surface area is 141 Å².